The first kappa shape index (κ1) is 20.4. The summed E-state index contributed by atoms with van der Waals surface area (Å²) in [6, 6.07) is -0.0467. The van der Waals surface area contributed by atoms with Crippen molar-refractivity contribution in [2.24, 2.45) is 5.73 Å². The van der Waals surface area contributed by atoms with Crippen LogP contribution in [0.3, 0.4) is 0 Å². The summed E-state index contributed by atoms with van der Waals surface area (Å²) in [5.74, 6) is -0.195. The van der Waals surface area contributed by atoms with Crippen molar-refractivity contribution < 1.29 is 13.5 Å². The highest BCUT2D eigenvalue weighted by Gasteiger charge is 2.32. The van der Waals surface area contributed by atoms with Crippen LogP contribution in [0.1, 0.15) is 26.2 Å². The topological polar surface area (TPSA) is 80.4 Å². The first-order valence-corrected chi connectivity index (χ1v) is 10.1. The fourth-order valence-corrected chi connectivity index (χ4v) is 4.27. The largest absolute Gasteiger partial charge is 0.462 e. The molecule has 7 nitrogen and oxygen atoms in total. The van der Waals surface area contributed by atoms with Gasteiger partial charge in [0.2, 0.25) is 0 Å². The molecule has 4 rings (SSSR count). The van der Waals surface area contributed by atoms with E-state index in [0.717, 1.165) is 19.4 Å². The highest BCUT2D eigenvalue weighted by molar-refractivity contribution is 6.30. The maximum absolute atomic E-state index is 14.7. The summed E-state index contributed by atoms with van der Waals surface area (Å²) >= 11 is 5.87. The van der Waals surface area contributed by atoms with Gasteiger partial charge >= 0.3 is 6.01 Å². The Balaban J connectivity index is 1.69. The van der Waals surface area contributed by atoms with Crippen LogP contribution in [0.15, 0.2) is 6.20 Å². The molecule has 0 saturated carbocycles. The molecule has 0 aliphatic carbocycles. The van der Waals surface area contributed by atoms with Gasteiger partial charge in [0, 0.05) is 37.4 Å². The molecule has 3 atom stereocenters. The molecule has 0 amide bonds. The van der Waals surface area contributed by atoms with Gasteiger partial charge in [-0.3, -0.25) is 4.90 Å². The number of alkyl halides is 1. The van der Waals surface area contributed by atoms with E-state index in [1.165, 1.54) is 6.20 Å². The fraction of sp³-hybridized carbons (Fsp3) is 0.632. The van der Waals surface area contributed by atoms with Crippen LogP contribution in [-0.2, 0) is 0 Å². The number of hydrogen-bond donors (Lipinski definition) is 1. The second-order valence-corrected chi connectivity index (χ2v) is 8.73. The Morgan fingerprint density at radius 3 is 2.90 bits per heavy atom. The van der Waals surface area contributed by atoms with E-state index >= 15 is 0 Å². The van der Waals surface area contributed by atoms with Gasteiger partial charge in [-0.25, -0.2) is 13.8 Å². The Labute approximate surface area is 173 Å². The number of halogens is 3. The molecule has 29 heavy (non-hydrogen) atoms. The van der Waals surface area contributed by atoms with Crippen LogP contribution >= 0.6 is 11.6 Å². The summed E-state index contributed by atoms with van der Waals surface area (Å²) in [5, 5.41) is 0.199. The van der Waals surface area contributed by atoms with E-state index in [2.05, 4.69) is 15.0 Å². The molecule has 2 fully saturated rings. The summed E-state index contributed by atoms with van der Waals surface area (Å²) in [6.45, 7) is 3.88. The maximum atomic E-state index is 14.7. The van der Waals surface area contributed by atoms with Crippen molar-refractivity contribution in [3.05, 3.63) is 17.2 Å². The molecular formula is C19H25ClF2N6O. The second-order valence-electron chi connectivity index (χ2n) is 8.37. The quantitative estimate of drug-likeness (QED) is 0.752. The molecule has 0 radical (unpaired) electrons. The lowest BCUT2D eigenvalue weighted by molar-refractivity contribution is 0.188. The van der Waals surface area contributed by atoms with Crippen molar-refractivity contribution in [1.82, 2.24) is 19.9 Å². The summed E-state index contributed by atoms with van der Waals surface area (Å²) in [4.78, 5) is 16.6. The Morgan fingerprint density at radius 2 is 2.21 bits per heavy atom. The average Bonchev–Trinajstić information content (AvgIpc) is 2.99. The van der Waals surface area contributed by atoms with E-state index in [9.17, 15) is 8.78 Å². The van der Waals surface area contributed by atoms with Crippen LogP contribution in [0, 0.1) is 5.82 Å². The lowest BCUT2D eigenvalue weighted by Gasteiger charge is -2.38. The number of fused-ring (bicyclic) bond motifs is 1. The lowest BCUT2D eigenvalue weighted by Crippen LogP contribution is -2.52. The van der Waals surface area contributed by atoms with Gasteiger partial charge in [0.05, 0.1) is 5.39 Å². The minimum Gasteiger partial charge on any atom is -0.462 e. The van der Waals surface area contributed by atoms with Crippen molar-refractivity contribution in [1.29, 1.82) is 0 Å². The number of hydrogen-bond acceptors (Lipinski definition) is 7. The molecule has 4 heterocycles. The van der Waals surface area contributed by atoms with Crippen LogP contribution in [0.2, 0.25) is 5.15 Å². The maximum Gasteiger partial charge on any atom is 0.319 e. The number of rotatable bonds is 4. The van der Waals surface area contributed by atoms with Gasteiger partial charge in [-0.1, -0.05) is 11.6 Å². The number of pyridine rings is 1. The highest BCUT2D eigenvalue weighted by atomic mass is 35.5. The predicted molar refractivity (Wildman–Crippen MR) is 108 cm³/mol. The van der Waals surface area contributed by atoms with Gasteiger partial charge in [-0.15, -0.1) is 0 Å². The second kappa shape index (κ2) is 7.77. The molecule has 2 aromatic rings. The van der Waals surface area contributed by atoms with Crippen molar-refractivity contribution in [2.45, 2.75) is 43.9 Å². The van der Waals surface area contributed by atoms with Gasteiger partial charge in [-0.05, 0) is 33.2 Å². The zero-order valence-corrected chi connectivity index (χ0v) is 17.3. The number of anilines is 1. The van der Waals surface area contributed by atoms with Crippen molar-refractivity contribution in [3.63, 3.8) is 0 Å². The standard InChI is InChI=1S/C19H25ClF2N6O/c1-19(23)4-3-5-28(10-19)17-13-7-24-16(20)14(22)15(13)25-18(26-17)29-9-12-6-11(21)8-27(12)2/h7,11-12H,3-6,8-10,23H2,1-2H3/t11-,12+,19-/m1/s1. The molecule has 2 saturated heterocycles. The van der Waals surface area contributed by atoms with Gasteiger partial charge in [0.25, 0.3) is 0 Å². The molecule has 2 aliphatic rings. The third kappa shape index (κ3) is 4.22. The van der Waals surface area contributed by atoms with E-state index in [1.54, 1.807) is 0 Å². The zero-order chi connectivity index (χ0) is 20.8. The monoisotopic (exact) mass is 426 g/mol. The number of nitrogens with two attached hydrogens (primary N) is 1. The summed E-state index contributed by atoms with van der Waals surface area (Å²) in [7, 11) is 1.85. The molecule has 2 N–H and O–H groups in total. The van der Waals surface area contributed by atoms with E-state index in [4.69, 9.17) is 22.1 Å². The molecule has 10 heteroatoms. The SMILES string of the molecule is CN1C[C@H](F)C[C@H]1COc1nc(N2CCC[C@@](C)(N)C2)c2cnc(Cl)c(F)c2n1. The van der Waals surface area contributed by atoms with Crippen molar-refractivity contribution >= 4 is 28.3 Å². The first-order valence-electron chi connectivity index (χ1n) is 9.76. The van der Waals surface area contributed by atoms with Gasteiger partial charge in [0.1, 0.15) is 24.1 Å². The van der Waals surface area contributed by atoms with Crippen LogP contribution in [0.25, 0.3) is 10.9 Å². The summed E-state index contributed by atoms with van der Waals surface area (Å²) in [6.07, 6.45) is 2.77. The summed E-state index contributed by atoms with van der Waals surface area (Å²) < 4.78 is 34.1. The first-order chi connectivity index (χ1) is 13.7. The number of piperidine rings is 1. The van der Waals surface area contributed by atoms with Gasteiger partial charge < -0.3 is 15.4 Å². The third-order valence-electron chi connectivity index (χ3n) is 5.67. The normalized spacial score (nSPS) is 28.3. The zero-order valence-electron chi connectivity index (χ0n) is 16.5. The Kier molecular flexibility index (Phi) is 5.48. The van der Waals surface area contributed by atoms with Crippen LogP contribution in [0.5, 0.6) is 6.01 Å². The van der Waals surface area contributed by atoms with E-state index in [1.807, 2.05) is 23.8 Å². The van der Waals surface area contributed by atoms with Crippen molar-refractivity contribution in [3.8, 4) is 6.01 Å². The number of likely N-dealkylation sites (tertiary alicyclic amines) is 1. The van der Waals surface area contributed by atoms with Crippen molar-refractivity contribution in [2.75, 3.05) is 38.2 Å². The van der Waals surface area contributed by atoms with Crippen LogP contribution in [0.4, 0.5) is 14.6 Å². The molecule has 2 aliphatic heterocycles. The summed E-state index contributed by atoms with van der Waals surface area (Å²) in [5.41, 5.74) is 6.02. The van der Waals surface area contributed by atoms with Crippen LogP contribution < -0.4 is 15.4 Å². The predicted octanol–water partition coefficient (Wildman–Crippen LogP) is 2.56. The number of ether oxygens (including phenoxy) is 1. The Morgan fingerprint density at radius 1 is 1.41 bits per heavy atom. The molecular weight excluding hydrogens is 402 g/mol. The Bertz CT molecular complexity index is 914. The van der Waals surface area contributed by atoms with Gasteiger partial charge in [-0.2, -0.15) is 9.97 Å². The average molecular weight is 427 g/mol. The molecule has 2 aromatic heterocycles. The number of likely N-dealkylation sites (N-methyl/N-ethyl adjacent to an activating group) is 1. The third-order valence-corrected chi connectivity index (χ3v) is 5.93. The molecule has 0 bridgehead atoms. The van der Waals surface area contributed by atoms with E-state index < -0.39 is 12.0 Å². The van der Waals surface area contributed by atoms with E-state index in [-0.39, 0.29) is 34.9 Å². The van der Waals surface area contributed by atoms with Gasteiger partial charge in [0.15, 0.2) is 11.0 Å². The van der Waals surface area contributed by atoms with E-state index in [0.29, 0.717) is 30.7 Å². The molecule has 0 spiro atoms. The molecule has 0 aromatic carbocycles. The highest BCUT2D eigenvalue weighted by Crippen LogP contribution is 2.32. The smallest absolute Gasteiger partial charge is 0.319 e. The van der Waals surface area contributed by atoms with Crippen LogP contribution in [-0.4, -0.2) is 70.9 Å². The minimum atomic E-state index is -0.875. The molecule has 0 unspecified atom stereocenters. The number of aromatic nitrogens is 3. The Hall–Kier alpha value is -1.84. The lowest BCUT2D eigenvalue weighted by atomic mass is 9.92. The molecule has 158 valence electrons. The minimum absolute atomic E-state index is 0.0358. The number of nitrogens with zero attached hydrogens (tertiary/aromatic N) is 5. The fourth-order valence-electron chi connectivity index (χ4n) is 4.13.